The topological polar surface area (TPSA) is 30.8 Å². The van der Waals surface area contributed by atoms with Crippen molar-refractivity contribution in [2.75, 3.05) is 7.11 Å². The van der Waals surface area contributed by atoms with Gasteiger partial charge >= 0.3 is 0 Å². The van der Waals surface area contributed by atoms with Gasteiger partial charge in [-0.05, 0) is 43.7 Å². The molecule has 1 aliphatic heterocycles. The van der Waals surface area contributed by atoms with Crippen LogP contribution in [0.5, 0.6) is 11.5 Å². The van der Waals surface area contributed by atoms with Crippen LogP contribution in [0.25, 0.3) is 5.70 Å². The number of allylic oxidation sites excluding steroid dienone is 3. The highest BCUT2D eigenvalue weighted by Crippen LogP contribution is 2.35. The summed E-state index contributed by atoms with van der Waals surface area (Å²) in [6.07, 6.45) is 3.94. The molecular weight excluding hydrogens is 286 g/mol. The predicted molar refractivity (Wildman–Crippen MR) is 94.0 cm³/mol. The minimum Gasteiger partial charge on any atom is -0.497 e. The first-order valence-corrected chi connectivity index (χ1v) is 7.60. The average Bonchev–Trinajstić information content (AvgIpc) is 2.96. The molecule has 116 valence electrons. The number of rotatable bonds is 3. The molecule has 0 saturated carbocycles. The maximum atomic E-state index is 5.90. The van der Waals surface area contributed by atoms with E-state index in [0.29, 0.717) is 0 Å². The Morgan fingerprint density at radius 3 is 2.52 bits per heavy atom. The number of hydrogen-bond acceptors (Lipinski definition) is 3. The van der Waals surface area contributed by atoms with Crippen LogP contribution in [-0.2, 0) is 0 Å². The van der Waals surface area contributed by atoms with Gasteiger partial charge < -0.3 is 9.47 Å². The number of aliphatic imine (C=N–C) groups is 1. The second-order valence-electron chi connectivity index (χ2n) is 5.12. The van der Waals surface area contributed by atoms with Gasteiger partial charge in [-0.2, -0.15) is 0 Å². The third-order valence-electron chi connectivity index (χ3n) is 3.73. The molecule has 0 saturated heterocycles. The van der Waals surface area contributed by atoms with E-state index >= 15 is 0 Å². The fourth-order valence-corrected chi connectivity index (χ4v) is 2.55. The minimum atomic E-state index is 0.767. The minimum absolute atomic E-state index is 0.767. The summed E-state index contributed by atoms with van der Waals surface area (Å²) in [5.74, 6) is 2.36. The van der Waals surface area contributed by atoms with E-state index < -0.39 is 0 Å². The second kappa shape index (κ2) is 6.53. The van der Waals surface area contributed by atoms with Gasteiger partial charge in [0.25, 0.3) is 0 Å². The zero-order chi connectivity index (χ0) is 16.2. The van der Waals surface area contributed by atoms with Gasteiger partial charge in [0.15, 0.2) is 0 Å². The van der Waals surface area contributed by atoms with Crippen LogP contribution in [0.4, 0.5) is 0 Å². The molecule has 0 fully saturated rings. The van der Waals surface area contributed by atoms with Crippen molar-refractivity contribution in [2.45, 2.75) is 13.8 Å². The van der Waals surface area contributed by atoms with Crippen LogP contribution < -0.4 is 9.47 Å². The van der Waals surface area contributed by atoms with Gasteiger partial charge in [0.2, 0.25) is 0 Å². The summed E-state index contributed by atoms with van der Waals surface area (Å²) in [4.78, 5) is 4.86. The lowest BCUT2D eigenvalue weighted by atomic mass is 10.1. The molecule has 3 rings (SSSR count). The van der Waals surface area contributed by atoms with Crippen molar-refractivity contribution in [1.29, 1.82) is 0 Å². The molecule has 0 amide bonds. The number of fused-ring (bicyclic) bond motifs is 1. The van der Waals surface area contributed by atoms with E-state index in [0.717, 1.165) is 39.8 Å². The monoisotopic (exact) mass is 305 g/mol. The molecule has 0 radical (unpaired) electrons. The van der Waals surface area contributed by atoms with Crippen molar-refractivity contribution in [3.8, 4) is 11.5 Å². The Hall–Kier alpha value is -2.81. The quantitative estimate of drug-likeness (QED) is 0.812. The molecule has 2 aromatic carbocycles. The van der Waals surface area contributed by atoms with Crippen LogP contribution in [0.2, 0.25) is 0 Å². The van der Waals surface area contributed by atoms with Crippen molar-refractivity contribution in [3.63, 3.8) is 0 Å². The maximum Gasteiger partial charge on any atom is 0.149 e. The van der Waals surface area contributed by atoms with Crippen LogP contribution >= 0.6 is 0 Å². The summed E-state index contributed by atoms with van der Waals surface area (Å²) in [5.41, 5.74) is 3.78. The number of benzene rings is 2. The molecule has 0 spiro atoms. The van der Waals surface area contributed by atoms with Crippen molar-refractivity contribution < 1.29 is 9.47 Å². The Bertz CT molecular complexity index is 802. The van der Waals surface area contributed by atoms with Gasteiger partial charge in [-0.3, -0.25) is 0 Å². The van der Waals surface area contributed by atoms with Crippen LogP contribution in [0.15, 0.2) is 71.4 Å². The standard InChI is InChI=1S/C20H19NO2/c1-4-17(14-9-7-6-8-10-14)21-20-16-13-15(22-3)11-12-19(16)23-18(20)5-2/h4-13H,1-3H3/b17-4-,18-5-,21-20+. The highest BCUT2D eigenvalue weighted by atomic mass is 16.5. The van der Waals surface area contributed by atoms with E-state index in [1.807, 2.05) is 62.4 Å². The van der Waals surface area contributed by atoms with Gasteiger partial charge in [-0.1, -0.05) is 36.4 Å². The van der Waals surface area contributed by atoms with Crippen molar-refractivity contribution in [3.05, 3.63) is 77.6 Å². The SMILES string of the molecule is C\C=C1/Oc2ccc(OC)cc2/C1=N\C(=C/C)c1ccccc1. The van der Waals surface area contributed by atoms with Crippen LogP contribution in [0.1, 0.15) is 25.0 Å². The van der Waals surface area contributed by atoms with Gasteiger partial charge in [-0.25, -0.2) is 4.99 Å². The number of methoxy groups -OCH3 is 1. The molecular formula is C20H19NO2. The Balaban J connectivity index is 2.11. The molecule has 1 aliphatic rings. The molecule has 0 N–H and O–H groups in total. The van der Waals surface area contributed by atoms with Gasteiger partial charge in [-0.15, -0.1) is 0 Å². The average molecular weight is 305 g/mol. The number of ether oxygens (including phenoxy) is 2. The molecule has 2 aromatic rings. The van der Waals surface area contributed by atoms with E-state index in [2.05, 4.69) is 12.1 Å². The lowest BCUT2D eigenvalue weighted by Gasteiger charge is -2.05. The second-order valence-corrected chi connectivity index (χ2v) is 5.12. The van der Waals surface area contributed by atoms with E-state index in [4.69, 9.17) is 14.5 Å². The van der Waals surface area contributed by atoms with Crippen LogP contribution in [0.3, 0.4) is 0 Å². The summed E-state index contributed by atoms with van der Waals surface area (Å²) in [7, 11) is 1.66. The third-order valence-corrected chi connectivity index (χ3v) is 3.73. The zero-order valence-corrected chi connectivity index (χ0v) is 13.5. The highest BCUT2D eigenvalue weighted by molar-refractivity contribution is 6.17. The zero-order valence-electron chi connectivity index (χ0n) is 13.5. The molecule has 0 aliphatic carbocycles. The Morgan fingerprint density at radius 2 is 1.87 bits per heavy atom. The first-order chi connectivity index (χ1) is 11.3. The fourth-order valence-electron chi connectivity index (χ4n) is 2.55. The maximum absolute atomic E-state index is 5.90. The molecule has 0 atom stereocenters. The highest BCUT2D eigenvalue weighted by Gasteiger charge is 2.25. The van der Waals surface area contributed by atoms with Gasteiger partial charge in [0.05, 0.1) is 18.4 Å². The summed E-state index contributed by atoms with van der Waals surface area (Å²) in [5, 5.41) is 0. The first kappa shape index (κ1) is 15.1. The van der Waals surface area contributed by atoms with Crippen molar-refractivity contribution >= 4 is 11.4 Å². The van der Waals surface area contributed by atoms with Crippen molar-refractivity contribution in [2.24, 2.45) is 4.99 Å². The van der Waals surface area contributed by atoms with E-state index in [1.54, 1.807) is 7.11 Å². The number of nitrogens with zero attached hydrogens (tertiary/aromatic N) is 1. The summed E-state index contributed by atoms with van der Waals surface area (Å²) < 4.78 is 11.2. The smallest absolute Gasteiger partial charge is 0.149 e. The summed E-state index contributed by atoms with van der Waals surface area (Å²) >= 11 is 0. The molecule has 0 unspecified atom stereocenters. The fraction of sp³-hybridized carbons (Fsp3) is 0.150. The lowest BCUT2D eigenvalue weighted by Crippen LogP contribution is -2.01. The first-order valence-electron chi connectivity index (χ1n) is 7.60. The Morgan fingerprint density at radius 1 is 1.09 bits per heavy atom. The molecule has 1 heterocycles. The Kier molecular flexibility index (Phi) is 4.29. The van der Waals surface area contributed by atoms with Gasteiger partial charge in [0, 0.05) is 0 Å². The van der Waals surface area contributed by atoms with E-state index in [9.17, 15) is 0 Å². The molecule has 3 heteroatoms. The molecule has 3 nitrogen and oxygen atoms in total. The third kappa shape index (κ3) is 2.90. The van der Waals surface area contributed by atoms with Crippen molar-refractivity contribution in [1.82, 2.24) is 0 Å². The van der Waals surface area contributed by atoms with E-state index in [-0.39, 0.29) is 0 Å². The van der Waals surface area contributed by atoms with E-state index in [1.165, 1.54) is 0 Å². The molecule has 0 bridgehead atoms. The van der Waals surface area contributed by atoms with Gasteiger partial charge in [0.1, 0.15) is 23.0 Å². The lowest BCUT2D eigenvalue weighted by molar-refractivity contribution is 0.413. The summed E-state index contributed by atoms with van der Waals surface area (Å²) in [6, 6.07) is 15.9. The molecule has 0 aromatic heterocycles. The predicted octanol–water partition coefficient (Wildman–Crippen LogP) is 4.84. The summed E-state index contributed by atoms with van der Waals surface area (Å²) in [6.45, 7) is 3.94. The van der Waals surface area contributed by atoms with Crippen LogP contribution in [-0.4, -0.2) is 12.8 Å². The normalized spacial score (nSPS) is 17.3. The van der Waals surface area contributed by atoms with Crippen LogP contribution in [0, 0.1) is 0 Å². The largest absolute Gasteiger partial charge is 0.497 e. The molecule has 23 heavy (non-hydrogen) atoms. The number of hydrogen-bond donors (Lipinski definition) is 0. The Labute approximate surface area is 136 Å².